The van der Waals surface area contributed by atoms with Crippen molar-refractivity contribution in [3.05, 3.63) is 30.3 Å². The van der Waals surface area contributed by atoms with Crippen molar-refractivity contribution in [1.82, 2.24) is 5.32 Å². The fourth-order valence-corrected chi connectivity index (χ4v) is 0.895. The van der Waals surface area contributed by atoms with Crippen LogP contribution in [0, 0.1) is 0 Å². The molecule has 0 fully saturated rings. The molecule has 16 heavy (non-hydrogen) atoms. The van der Waals surface area contributed by atoms with Gasteiger partial charge in [-0.15, -0.1) is 0 Å². The van der Waals surface area contributed by atoms with E-state index in [-0.39, 0.29) is 12.5 Å². The monoisotopic (exact) mass is 227 g/mol. The minimum Gasteiger partial charge on any atom is -0.508 e. The van der Waals surface area contributed by atoms with Crippen molar-refractivity contribution in [2.24, 2.45) is 0 Å². The van der Waals surface area contributed by atoms with Gasteiger partial charge in [0.05, 0.1) is 0 Å². The summed E-state index contributed by atoms with van der Waals surface area (Å²) >= 11 is 0. The van der Waals surface area contributed by atoms with Crippen LogP contribution in [0.25, 0.3) is 0 Å². The first-order valence-corrected chi connectivity index (χ1v) is 5.15. The minimum absolute atomic E-state index is 0.0555. The standard InChI is InChI=1S/C6H15NO2.C6H6O/c1-5(8-3)7-6(2)9-4;7-6-4-2-1-3-5-6/h5-7H,1-4H3;1-5,7H. The Balaban J connectivity index is 0.000000288. The predicted molar refractivity (Wildman–Crippen MR) is 64.2 cm³/mol. The molecule has 1 aromatic carbocycles. The minimum atomic E-state index is 0.0555. The highest BCUT2D eigenvalue weighted by Gasteiger charge is 2.02. The molecule has 1 rings (SSSR count). The molecule has 0 heterocycles. The van der Waals surface area contributed by atoms with E-state index in [9.17, 15) is 0 Å². The zero-order valence-electron chi connectivity index (χ0n) is 10.3. The highest BCUT2D eigenvalue weighted by Crippen LogP contribution is 2.02. The van der Waals surface area contributed by atoms with Crippen molar-refractivity contribution >= 4 is 0 Å². The largest absolute Gasteiger partial charge is 0.508 e. The zero-order chi connectivity index (χ0) is 12.4. The van der Waals surface area contributed by atoms with E-state index in [0.717, 1.165) is 0 Å². The number of phenols is 1. The number of rotatable bonds is 4. The van der Waals surface area contributed by atoms with Crippen molar-refractivity contribution in [1.29, 1.82) is 0 Å². The number of hydrogen-bond acceptors (Lipinski definition) is 4. The average Bonchev–Trinajstić information content (AvgIpc) is 2.30. The van der Waals surface area contributed by atoms with Gasteiger partial charge in [0.2, 0.25) is 0 Å². The van der Waals surface area contributed by atoms with Gasteiger partial charge in [0.15, 0.2) is 0 Å². The van der Waals surface area contributed by atoms with Crippen molar-refractivity contribution in [3.8, 4) is 5.75 Å². The van der Waals surface area contributed by atoms with Gasteiger partial charge in [0.1, 0.15) is 18.2 Å². The lowest BCUT2D eigenvalue weighted by molar-refractivity contribution is 0.00787. The van der Waals surface area contributed by atoms with E-state index in [0.29, 0.717) is 5.75 Å². The lowest BCUT2D eigenvalue weighted by Crippen LogP contribution is -2.36. The number of benzene rings is 1. The van der Waals surface area contributed by atoms with Crippen LogP contribution < -0.4 is 5.32 Å². The Kier molecular flexibility index (Phi) is 8.52. The van der Waals surface area contributed by atoms with Crippen LogP contribution in [-0.4, -0.2) is 31.8 Å². The average molecular weight is 227 g/mol. The summed E-state index contributed by atoms with van der Waals surface area (Å²) in [6, 6.07) is 8.71. The number of methoxy groups -OCH3 is 2. The molecule has 0 saturated heterocycles. The summed E-state index contributed by atoms with van der Waals surface area (Å²) in [5.41, 5.74) is 0. The molecule has 4 heteroatoms. The van der Waals surface area contributed by atoms with Gasteiger partial charge < -0.3 is 14.6 Å². The van der Waals surface area contributed by atoms with E-state index in [1.807, 2.05) is 19.9 Å². The second-order valence-corrected chi connectivity index (χ2v) is 3.26. The number of hydrogen-bond donors (Lipinski definition) is 2. The van der Waals surface area contributed by atoms with Gasteiger partial charge in [-0.25, -0.2) is 0 Å². The summed E-state index contributed by atoms with van der Waals surface area (Å²) in [5.74, 6) is 0.322. The van der Waals surface area contributed by atoms with E-state index in [1.54, 1.807) is 38.5 Å². The predicted octanol–water partition coefficient (Wildman–Crippen LogP) is 1.95. The molecule has 0 aromatic heterocycles. The van der Waals surface area contributed by atoms with Gasteiger partial charge >= 0.3 is 0 Å². The van der Waals surface area contributed by atoms with E-state index < -0.39 is 0 Å². The van der Waals surface area contributed by atoms with Crippen molar-refractivity contribution < 1.29 is 14.6 Å². The summed E-state index contributed by atoms with van der Waals surface area (Å²) in [6.07, 6.45) is 0.111. The first-order chi connectivity index (χ1) is 7.60. The summed E-state index contributed by atoms with van der Waals surface area (Å²) in [4.78, 5) is 0. The van der Waals surface area contributed by atoms with Gasteiger partial charge in [-0.3, -0.25) is 5.32 Å². The normalized spacial score (nSPS) is 13.5. The number of aromatic hydroxyl groups is 1. The number of phenolic OH excluding ortho intramolecular Hbond substituents is 1. The molecular formula is C12H21NO3. The molecule has 2 N–H and O–H groups in total. The Morgan fingerprint density at radius 2 is 1.44 bits per heavy atom. The molecule has 92 valence electrons. The maximum atomic E-state index is 8.63. The molecule has 0 bridgehead atoms. The Bertz CT molecular complexity index is 246. The van der Waals surface area contributed by atoms with Crippen LogP contribution in [0.1, 0.15) is 13.8 Å². The first kappa shape index (κ1) is 14.9. The van der Waals surface area contributed by atoms with Gasteiger partial charge in [0, 0.05) is 14.2 Å². The summed E-state index contributed by atoms with van der Waals surface area (Å²) in [7, 11) is 3.31. The van der Waals surface area contributed by atoms with Crippen LogP contribution >= 0.6 is 0 Å². The number of para-hydroxylation sites is 1. The van der Waals surface area contributed by atoms with E-state index >= 15 is 0 Å². The molecular weight excluding hydrogens is 206 g/mol. The van der Waals surface area contributed by atoms with Crippen molar-refractivity contribution in [2.75, 3.05) is 14.2 Å². The Labute approximate surface area is 97.2 Å². The smallest absolute Gasteiger partial charge is 0.115 e. The molecule has 2 atom stereocenters. The van der Waals surface area contributed by atoms with Crippen LogP contribution in [0.4, 0.5) is 0 Å². The molecule has 0 amide bonds. The third kappa shape index (κ3) is 8.23. The van der Waals surface area contributed by atoms with Crippen molar-refractivity contribution in [2.45, 2.75) is 26.3 Å². The fraction of sp³-hybridized carbons (Fsp3) is 0.500. The van der Waals surface area contributed by atoms with Crippen LogP contribution in [-0.2, 0) is 9.47 Å². The molecule has 0 aliphatic carbocycles. The van der Waals surface area contributed by atoms with Gasteiger partial charge in [-0.05, 0) is 26.0 Å². The van der Waals surface area contributed by atoms with Gasteiger partial charge in [-0.2, -0.15) is 0 Å². The van der Waals surface area contributed by atoms with Gasteiger partial charge in [-0.1, -0.05) is 18.2 Å². The highest BCUT2D eigenvalue weighted by molar-refractivity contribution is 5.18. The van der Waals surface area contributed by atoms with Crippen LogP contribution in [0.5, 0.6) is 5.75 Å². The molecule has 0 aliphatic heterocycles. The molecule has 0 radical (unpaired) electrons. The van der Waals surface area contributed by atoms with E-state index in [1.165, 1.54) is 0 Å². The maximum Gasteiger partial charge on any atom is 0.115 e. The molecule has 0 aliphatic rings. The highest BCUT2D eigenvalue weighted by atomic mass is 16.5. The van der Waals surface area contributed by atoms with Crippen molar-refractivity contribution in [3.63, 3.8) is 0 Å². The Morgan fingerprint density at radius 1 is 1.00 bits per heavy atom. The third-order valence-electron chi connectivity index (χ3n) is 1.93. The topological polar surface area (TPSA) is 50.7 Å². The molecule has 4 nitrogen and oxygen atoms in total. The van der Waals surface area contributed by atoms with Crippen LogP contribution in [0.15, 0.2) is 30.3 Å². The third-order valence-corrected chi connectivity index (χ3v) is 1.93. The van der Waals surface area contributed by atoms with E-state index in [2.05, 4.69) is 5.32 Å². The van der Waals surface area contributed by atoms with Gasteiger partial charge in [0.25, 0.3) is 0 Å². The van der Waals surface area contributed by atoms with E-state index in [4.69, 9.17) is 14.6 Å². The summed E-state index contributed by atoms with van der Waals surface area (Å²) in [6.45, 7) is 3.85. The SMILES string of the molecule is COC(C)NC(C)OC.Oc1ccccc1. The Morgan fingerprint density at radius 3 is 1.69 bits per heavy atom. The lowest BCUT2D eigenvalue weighted by Gasteiger charge is -2.16. The molecule has 0 saturated carbocycles. The number of nitrogens with one attached hydrogen (secondary N) is 1. The summed E-state index contributed by atoms with van der Waals surface area (Å²) < 4.78 is 9.86. The van der Waals surface area contributed by atoms with Crippen LogP contribution in [0.2, 0.25) is 0 Å². The Hall–Kier alpha value is -1.10. The molecule has 0 spiro atoms. The zero-order valence-corrected chi connectivity index (χ0v) is 10.3. The van der Waals surface area contributed by atoms with Crippen LogP contribution in [0.3, 0.4) is 0 Å². The fourth-order valence-electron chi connectivity index (χ4n) is 0.895. The second kappa shape index (κ2) is 9.15. The molecule has 1 aromatic rings. The summed E-state index contributed by atoms with van der Waals surface area (Å²) in [5, 5.41) is 11.7. The molecule has 2 unspecified atom stereocenters. The lowest BCUT2D eigenvalue weighted by atomic mass is 10.3. The number of ether oxygens (including phenoxy) is 2. The second-order valence-electron chi connectivity index (χ2n) is 3.26. The maximum absolute atomic E-state index is 8.63. The first-order valence-electron chi connectivity index (χ1n) is 5.15. The quantitative estimate of drug-likeness (QED) is 0.772.